The predicted octanol–water partition coefficient (Wildman–Crippen LogP) is 3.36. The molecule has 0 aliphatic carbocycles. The molecule has 2 aromatic rings. The Kier molecular flexibility index (Phi) is 5.53. The minimum atomic E-state index is -0.299. The summed E-state index contributed by atoms with van der Waals surface area (Å²) in [6.45, 7) is 4.52. The van der Waals surface area contributed by atoms with Gasteiger partial charge in [-0.2, -0.15) is 0 Å². The molecule has 0 radical (unpaired) electrons. The Morgan fingerprint density at radius 1 is 1.09 bits per heavy atom. The average Bonchev–Trinajstić information content (AvgIpc) is 2.52. The lowest BCUT2D eigenvalue weighted by Crippen LogP contribution is -2.40. The summed E-state index contributed by atoms with van der Waals surface area (Å²) < 4.78 is 13.5. The van der Waals surface area contributed by atoms with E-state index >= 15 is 0 Å². The van der Waals surface area contributed by atoms with E-state index in [1.807, 2.05) is 49.1 Å². The highest BCUT2D eigenvalue weighted by atomic mass is 19.1. The smallest absolute Gasteiger partial charge is 0.239 e. The molecule has 0 aromatic heterocycles. The van der Waals surface area contributed by atoms with E-state index in [-0.39, 0.29) is 30.9 Å². The highest BCUT2D eigenvalue weighted by molar-refractivity contribution is 5.81. The van der Waals surface area contributed by atoms with Crippen molar-refractivity contribution in [2.24, 2.45) is 0 Å². The van der Waals surface area contributed by atoms with Gasteiger partial charge in [-0.05, 0) is 32.0 Å². The molecule has 0 unspecified atom stereocenters. The second kappa shape index (κ2) is 7.59. The topological polar surface area (TPSA) is 32.3 Å². The Balaban J connectivity index is 1.96. The molecule has 0 spiro atoms. The fourth-order valence-electron chi connectivity index (χ4n) is 2.24. The maximum Gasteiger partial charge on any atom is 0.239 e. The van der Waals surface area contributed by atoms with Crippen LogP contribution >= 0.6 is 0 Å². The maximum atomic E-state index is 13.5. The van der Waals surface area contributed by atoms with Crippen LogP contribution in [-0.2, 0) is 11.3 Å². The highest BCUT2D eigenvalue weighted by Gasteiger charge is 2.14. The molecule has 0 atom stereocenters. The van der Waals surface area contributed by atoms with Crippen LogP contribution in [0.15, 0.2) is 54.6 Å². The van der Waals surface area contributed by atoms with Crippen molar-refractivity contribution in [3.05, 3.63) is 66.0 Å². The normalized spacial score (nSPS) is 10.5. The zero-order valence-electron chi connectivity index (χ0n) is 12.9. The Morgan fingerprint density at radius 2 is 1.73 bits per heavy atom. The van der Waals surface area contributed by atoms with E-state index in [0.29, 0.717) is 5.56 Å². The molecule has 0 aliphatic heterocycles. The van der Waals surface area contributed by atoms with Crippen LogP contribution < -0.4 is 10.2 Å². The summed E-state index contributed by atoms with van der Waals surface area (Å²) in [4.78, 5) is 14.2. The van der Waals surface area contributed by atoms with Gasteiger partial charge in [0.15, 0.2) is 0 Å². The van der Waals surface area contributed by atoms with E-state index < -0.39 is 0 Å². The van der Waals surface area contributed by atoms with E-state index in [4.69, 9.17) is 0 Å². The number of hydrogen-bond donors (Lipinski definition) is 1. The number of para-hydroxylation sites is 1. The van der Waals surface area contributed by atoms with Crippen LogP contribution in [0.3, 0.4) is 0 Å². The van der Waals surface area contributed by atoms with Crippen LogP contribution in [0.5, 0.6) is 0 Å². The van der Waals surface area contributed by atoms with Crippen molar-refractivity contribution < 1.29 is 9.18 Å². The van der Waals surface area contributed by atoms with Crippen molar-refractivity contribution in [1.29, 1.82) is 0 Å². The van der Waals surface area contributed by atoms with Crippen molar-refractivity contribution in [3.63, 3.8) is 0 Å². The number of nitrogens with zero attached hydrogens (tertiary/aromatic N) is 1. The lowest BCUT2D eigenvalue weighted by Gasteiger charge is -2.28. The van der Waals surface area contributed by atoms with Gasteiger partial charge in [0.2, 0.25) is 5.91 Å². The van der Waals surface area contributed by atoms with Crippen LogP contribution in [-0.4, -0.2) is 18.5 Å². The van der Waals surface area contributed by atoms with Gasteiger partial charge in [0.25, 0.3) is 0 Å². The first-order valence-corrected chi connectivity index (χ1v) is 7.39. The van der Waals surface area contributed by atoms with Gasteiger partial charge in [-0.25, -0.2) is 4.39 Å². The van der Waals surface area contributed by atoms with Gasteiger partial charge in [0.05, 0.1) is 6.54 Å². The van der Waals surface area contributed by atoms with E-state index in [1.54, 1.807) is 18.2 Å². The number of amides is 1. The Bertz CT molecular complexity index is 613. The molecule has 0 fully saturated rings. The number of hydrogen-bond acceptors (Lipinski definition) is 2. The van der Waals surface area contributed by atoms with E-state index in [9.17, 15) is 9.18 Å². The van der Waals surface area contributed by atoms with Crippen molar-refractivity contribution in [1.82, 2.24) is 5.32 Å². The predicted molar refractivity (Wildman–Crippen MR) is 87.2 cm³/mol. The molecule has 2 rings (SSSR count). The average molecular weight is 300 g/mol. The fraction of sp³-hybridized carbons (Fsp3) is 0.278. The van der Waals surface area contributed by atoms with Gasteiger partial charge in [-0.15, -0.1) is 0 Å². The molecule has 2 aromatic carbocycles. The first-order valence-electron chi connectivity index (χ1n) is 7.39. The van der Waals surface area contributed by atoms with Crippen LogP contribution in [0, 0.1) is 5.82 Å². The molecular formula is C18H21FN2O. The number of rotatable bonds is 6. The van der Waals surface area contributed by atoms with E-state index in [0.717, 1.165) is 5.69 Å². The number of anilines is 1. The summed E-state index contributed by atoms with van der Waals surface area (Å²) in [5, 5.41) is 2.77. The summed E-state index contributed by atoms with van der Waals surface area (Å²) in [7, 11) is 0. The lowest BCUT2D eigenvalue weighted by molar-refractivity contribution is -0.120. The molecule has 4 heteroatoms. The second-order valence-corrected chi connectivity index (χ2v) is 5.43. The number of nitrogens with one attached hydrogen (secondary N) is 1. The first kappa shape index (κ1) is 16.0. The van der Waals surface area contributed by atoms with Gasteiger partial charge >= 0.3 is 0 Å². The summed E-state index contributed by atoms with van der Waals surface area (Å²) in [5.41, 5.74) is 1.49. The standard InChI is InChI=1S/C18H21FN2O/c1-14(2)21(16-9-4-3-5-10-16)13-18(22)20-12-15-8-6-7-11-17(15)19/h3-11,14H,12-13H2,1-2H3,(H,20,22). The molecular weight excluding hydrogens is 279 g/mol. The van der Waals surface area contributed by atoms with Crippen molar-refractivity contribution in [2.75, 3.05) is 11.4 Å². The van der Waals surface area contributed by atoms with Gasteiger partial charge in [0, 0.05) is 23.8 Å². The first-order chi connectivity index (χ1) is 10.6. The van der Waals surface area contributed by atoms with Crippen LogP contribution in [0.4, 0.5) is 10.1 Å². The summed E-state index contributed by atoms with van der Waals surface area (Å²) in [6, 6.07) is 16.4. The third-order valence-corrected chi connectivity index (χ3v) is 3.46. The van der Waals surface area contributed by atoms with Gasteiger partial charge in [0.1, 0.15) is 5.82 Å². The monoisotopic (exact) mass is 300 g/mol. The second-order valence-electron chi connectivity index (χ2n) is 5.43. The Labute approximate surface area is 130 Å². The summed E-state index contributed by atoms with van der Waals surface area (Å²) in [6.07, 6.45) is 0. The van der Waals surface area contributed by atoms with Crippen LogP contribution in [0.1, 0.15) is 19.4 Å². The fourth-order valence-corrected chi connectivity index (χ4v) is 2.24. The minimum Gasteiger partial charge on any atom is -0.360 e. The molecule has 0 aliphatic rings. The molecule has 0 saturated carbocycles. The van der Waals surface area contributed by atoms with Gasteiger partial charge < -0.3 is 10.2 Å². The summed E-state index contributed by atoms with van der Waals surface area (Å²) >= 11 is 0. The van der Waals surface area contributed by atoms with Crippen molar-refractivity contribution in [3.8, 4) is 0 Å². The Morgan fingerprint density at radius 3 is 2.36 bits per heavy atom. The molecule has 22 heavy (non-hydrogen) atoms. The summed E-state index contributed by atoms with van der Waals surface area (Å²) in [5.74, 6) is -0.424. The third-order valence-electron chi connectivity index (χ3n) is 3.46. The zero-order chi connectivity index (χ0) is 15.9. The minimum absolute atomic E-state index is 0.124. The highest BCUT2D eigenvalue weighted by Crippen LogP contribution is 2.15. The van der Waals surface area contributed by atoms with Crippen LogP contribution in [0.25, 0.3) is 0 Å². The third kappa shape index (κ3) is 4.32. The number of carbonyl (C=O) groups excluding carboxylic acids is 1. The van der Waals surface area contributed by atoms with Gasteiger partial charge in [-0.1, -0.05) is 36.4 Å². The van der Waals surface area contributed by atoms with E-state index in [1.165, 1.54) is 6.07 Å². The van der Waals surface area contributed by atoms with Crippen LogP contribution in [0.2, 0.25) is 0 Å². The molecule has 0 bridgehead atoms. The number of benzene rings is 2. The maximum absolute atomic E-state index is 13.5. The SMILES string of the molecule is CC(C)N(CC(=O)NCc1ccccc1F)c1ccccc1. The largest absolute Gasteiger partial charge is 0.360 e. The van der Waals surface area contributed by atoms with E-state index in [2.05, 4.69) is 5.32 Å². The molecule has 1 N–H and O–H groups in total. The zero-order valence-corrected chi connectivity index (χ0v) is 12.9. The van der Waals surface area contributed by atoms with Crippen molar-refractivity contribution in [2.45, 2.75) is 26.4 Å². The molecule has 0 heterocycles. The molecule has 1 amide bonds. The molecule has 3 nitrogen and oxygen atoms in total. The Hall–Kier alpha value is -2.36. The van der Waals surface area contributed by atoms with Gasteiger partial charge in [-0.3, -0.25) is 4.79 Å². The molecule has 116 valence electrons. The number of carbonyl (C=O) groups is 1. The van der Waals surface area contributed by atoms with Crippen molar-refractivity contribution >= 4 is 11.6 Å². The number of halogens is 1. The quantitative estimate of drug-likeness (QED) is 0.887. The lowest BCUT2D eigenvalue weighted by atomic mass is 10.2. The molecule has 0 saturated heterocycles.